The fraction of sp³-hybridized carbons (Fsp3) is 0.692. The molecule has 2 rings (SSSR count). The first-order valence-electron chi connectivity index (χ1n) is 7.04. The third-order valence-corrected chi connectivity index (χ3v) is 5.63. The van der Waals surface area contributed by atoms with Crippen LogP contribution >= 0.6 is 0 Å². The molecule has 2 heterocycles. The first-order chi connectivity index (χ1) is 9.80. The van der Waals surface area contributed by atoms with Crippen LogP contribution in [0.1, 0.15) is 35.8 Å². The summed E-state index contributed by atoms with van der Waals surface area (Å²) in [5.41, 5.74) is 8.03. The number of rotatable bonds is 6. The lowest BCUT2D eigenvalue weighted by Gasteiger charge is -2.11. The molecular weight excluding hydrogens is 292 g/mol. The van der Waals surface area contributed by atoms with Crippen LogP contribution < -0.4 is 11.1 Å². The lowest BCUT2D eigenvalue weighted by molar-refractivity contribution is -0.117. The maximum Gasteiger partial charge on any atom is 0.218 e. The van der Waals surface area contributed by atoms with Crippen molar-refractivity contribution in [3.8, 4) is 0 Å². The molecule has 0 bridgehead atoms. The molecule has 1 saturated heterocycles. The van der Waals surface area contributed by atoms with Gasteiger partial charge in [0.2, 0.25) is 5.91 Å². The molecule has 1 aliphatic heterocycles. The van der Waals surface area contributed by atoms with Gasteiger partial charge in [-0.05, 0) is 20.3 Å². The van der Waals surface area contributed by atoms with Crippen molar-refractivity contribution in [1.82, 2.24) is 15.1 Å². The summed E-state index contributed by atoms with van der Waals surface area (Å²) in [7, 11) is -2.92. The molecule has 1 atom stereocenters. The summed E-state index contributed by atoms with van der Waals surface area (Å²) in [6, 6.07) is -0.0620. The number of sulfone groups is 1. The van der Waals surface area contributed by atoms with E-state index >= 15 is 0 Å². The topological polar surface area (TPSA) is 107 Å². The van der Waals surface area contributed by atoms with Crippen LogP contribution in [-0.4, -0.2) is 42.2 Å². The van der Waals surface area contributed by atoms with Gasteiger partial charge >= 0.3 is 0 Å². The van der Waals surface area contributed by atoms with Gasteiger partial charge in [-0.1, -0.05) is 0 Å². The summed E-state index contributed by atoms with van der Waals surface area (Å²) in [6.45, 7) is 5.00. The van der Waals surface area contributed by atoms with E-state index in [0.717, 1.165) is 17.0 Å². The Bertz CT molecular complexity index is 636. The Morgan fingerprint density at radius 3 is 2.76 bits per heavy atom. The van der Waals surface area contributed by atoms with E-state index in [2.05, 4.69) is 10.4 Å². The monoisotopic (exact) mass is 314 g/mol. The number of amides is 1. The Morgan fingerprint density at radius 2 is 2.19 bits per heavy atom. The van der Waals surface area contributed by atoms with Gasteiger partial charge in [0.1, 0.15) is 0 Å². The molecule has 7 nitrogen and oxygen atoms in total. The summed E-state index contributed by atoms with van der Waals surface area (Å²) in [4.78, 5) is 10.7. The number of aromatic nitrogens is 2. The van der Waals surface area contributed by atoms with Crippen LogP contribution in [-0.2, 0) is 21.2 Å². The van der Waals surface area contributed by atoms with Crippen LogP contribution in [0.15, 0.2) is 0 Å². The predicted octanol–water partition coefficient (Wildman–Crippen LogP) is -0.175. The zero-order chi connectivity index (χ0) is 15.6. The van der Waals surface area contributed by atoms with Crippen molar-refractivity contribution in [2.45, 2.75) is 39.3 Å². The number of nitrogens with two attached hydrogens (primary N) is 1. The summed E-state index contributed by atoms with van der Waals surface area (Å²) in [5, 5.41) is 7.65. The van der Waals surface area contributed by atoms with Gasteiger partial charge in [0.25, 0.3) is 0 Å². The molecule has 1 amide bonds. The van der Waals surface area contributed by atoms with Crippen molar-refractivity contribution >= 4 is 15.7 Å². The van der Waals surface area contributed by atoms with Crippen molar-refractivity contribution in [2.24, 2.45) is 5.73 Å². The number of primary amides is 1. The predicted molar refractivity (Wildman–Crippen MR) is 79.5 cm³/mol. The number of carbonyl (C=O) groups is 1. The molecule has 118 valence electrons. The number of hydrogen-bond acceptors (Lipinski definition) is 5. The molecule has 1 aromatic heterocycles. The average molecular weight is 314 g/mol. The molecule has 0 aliphatic carbocycles. The maximum atomic E-state index is 11.6. The summed E-state index contributed by atoms with van der Waals surface area (Å²) < 4.78 is 25.0. The fourth-order valence-corrected chi connectivity index (χ4v) is 4.39. The molecule has 1 aromatic rings. The molecule has 1 unspecified atom stereocenters. The van der Waals surface area contributed by atoms with E-state index in [0.29, 0.717) is 25.9 Å². The number of hydrogen-bond donors (Lipinski definition) is 2. The largest absolute Gasteiger partial charge is 0.370 e. The molecule has 8 heteroatoms. The minimum atomic E-state index is -2.92. The van der Waals surface area contributed by atoms with Gasteiger partial charge in [0.15, 0.2) is 9.84 Å². The Morgan fingerprint density at radius 1 is 1.48 bits per heavy atom. The van der Waals surface area contributed by atoms with Gasteiger partial charge in [-0.15, -0.1) is 0 Å². The van der Waals surface area contributed by atoms with Gasteiger partial charge in [0.05, 0.1) is 23.2 Å². The van der Waals surface area contributed by atoms with Crippen LogP contribution in [0.5, 0.6) is 0 Å². The van der Waals surface area contributed by atoms with Crippen LogP contribution in [0.4, 0.5) is 0 Å². The highest BCUT2D eigenvalue weighted by atomic mass is 32.2. The van der Waals surface area contributed by atoms with Crippen molar-refractivity contribution < 1.29 is 13.2 Å². The van der Waals surface area contributed by atoms with Gasteiger partial charge in [-0.25, -0.2) is 8.42 Å². The third kappa shape index (κ3) is 3.82. The number of nitrogens with zero attached hydrogens (tertiary/aromatic N) is 2. The first-order valence-corrected chi connectivity index (χ1v) is 8.86. The van der Waals surface area contributed by atoms with Crippen LogP contribution in [0.25, 0.3) is 0 Å². The lowest BCUT2D eigenvalue weighted by atomic mass is 10.2. The Hall–Kier alpha value is -1.41. The quantitative estimate of drug-likeness (QED) is 0.709. The Kier molecular flexibility index (Phi) is 4.67. The molecule has 0 saturated carbocycles. The van der Waals surface area contributed by atoms with E-state index in [1.807, 2.05) is 18.5 Å². The van der Waals surface area contributed by atoms with E-state index in [9.17, 15) is 13.2 Å². The van der Waals surface area contributed by atoms with Crippen LogP contribution in [0.3, 0.4) is 0 Å². The highest BCUT2D eigenvalue weighted by Crippen LogP contribution is 2.26. The van der Waals surface area contributed by atoms with Crippen molar-refractivity contribution in [3.63, 3.8) is 0 Å². The molecule has 3 N–H and O–H groups in total. The standard InChI is InChI=1S/C13H22N4O3S/c1-9-12(7-15-5-3-13(14)18)10(2)17(16-9)11-4-6-21(19,20)8-11/h11,15H,3-8H2,1-2H3,(H2,14,18). The lowest BCUT2D eigenvalue weighted by Crippen LogP contribution is -2.22. The zero-order valence-corrected chi connectivity index (χ0v) is 13.2. The minimum Gasteiger partial charge on any atom is -0.370 e. The minimum absolute atomic E-state index is 0.0620. The second-order valence-electron chi connectivity index (χ2n) is 5.54. The first kappa shape index (κ1) is 16.0. The maximum absolute atomic E-state index is 11.6. The molecule has 0 spiro atoms. The van der Waals surface area contributed by atoms with E-state index in [4.69, 9.17) is 5.73 Å². The van der Waals surface area contributed by atoms with Gasteiger partial charge in [0, 0.05) is 30.8 Å². The van der Waals surface area contributed by atoms with E-state index < -0.39 is 9.84 Å². The van der Waals surface area contributed by atoms with Crippen molar-refractivity contribution in [2.75, 3.05) is 18.1 Å². The summed E-state index contributed by atoms with van der Waals surface area (Å²) >= 11 is 0. The molecule has 1 aliphatic rings. The number of aryl methyl sites for hydroxylation is 1. The molecule has 0 aromatic carbocycles. The van der Waals surface area contributed by atoms with Crippen molar-refractivity contribution in [1.29, 1.82) is 0 Å². The van der Waals surface area contributed by atoms with E-state index in [1.165, 1.54) is 0 Å². The summed E-state index contributed by atoms with van der Waals surface area (Å²) in [5.74, 6) is 0.0777. The smallest absolute Gasteiger partial charge is 0.218 e. The zero-order valence-electron chi connectivity index (χ0n) is 12.4. The van der Waals surface area contributed by atoms with Gasteiger partial charge in [-0.3, -0.25) is 9.48 Å². The van der Waals surface area contributed by atoms with Gasteiger partial charge in [-0.2, -0.15) is 5.10 Å². The highest BCUT2D eigenvalue weighted by molar-refractivity contribution is 7.91. The number of carbonyl (C=O) groups excluding carboxylic acids is 1. The van der Waals surface area contributed by atoms with Crippen LogP contribution in [0.2, 0.25) is 0 Å². The number of nitrogens with one attached hydrogen (secondary N) is 1. The second kappa shape index (κ2) is 6.15. The van der Waals surface area contributed by atoms with E-state index in [1.54, 1.807) is 0 Å². The summed E-state index contributed by atoms with van der Waals surface area (Å²) in [6.07, 6.45) is 0.923. The fourth-order valence-electron chi connectivity index (χ4n) is 2.70. The average Bonchev–Trinajstić information content (AvgIpc) is 2.87. The van der Waals surface area contributed by atoms with Crippen molar-refractivity contribution in [3.05, 3.63) is 17.0 Å². The second-order valence-corrected chi connectivity index (χ2v) is 7.77. The normalized spacial score (nSPS) is 20.8. The SMILES string of the molecule is Cc1nn(C2CCS(=O)(=O)C2)c(C)c1CNCCC(N)=O. The molecular formula is C13H22N4O3S. The van der Waals surface area contributed by atoms with E-state index in [-0.39, 0.29) is 23.5 Å². The highest BCUT2D eigenvalue weighted by Gasteiger charge is 2.31. The van der Waals surface area contributed by atoms with Crippen LogP contribution in [0, 0.1) is 13.8 Å². The van der Waals surface area contributed by atoms with Gasteiger partial charge < -0.3 is 11.1 Å². The molecule has 21 heavy (non-hydrogen) atoms. The Labute approximate surface area is 124 Å². The molecule has 0 radical (unpaired) electrons. The third-order valence-electron chi connectivity index (χ3n) is 3.88. The Balaban J connectivity index is 2.05. The molecule has 1 fully saturated rings.